The molecule has 0 fully saturated rings. The fourth-order valence-electron chi connectivity index (χ4n) is 2.50. The van der Waals surface area contributed by atoms with Crippen molar-refractivity contribution < 1.29 is 5.11 Å². The van der Waals surface area contributed by atoms with Crippen LogP contribution in [0.25, 0.3) is 11.1 Å². The van der Waals surface area contributed by atoms with E-state index in [0.717, 1.165) is 10.1 Å². The van der Waals surface area contributed by atoms with Gasteiger partial charge in [-0.05, 0) is 11.6 Å². The summed E-state index contributed by atoms with van der Waals surface area (Å²) in [5.74, 6) is -0.392. The van der Waals surface area contributed by atoms with Crippen LogP contribution in [-0.4, -0.2) is 14.7 Å². The number of nitrogens with one attached hydrogen (secondary N) is 1. The van der Waals surface area contributed by atoms with Crippen LogP contribution < -0.4 is 16.6 Å². The first kappa shape index (κ1) is 16.4. The van der Waals surface area contributed by atoms with Crippen molar-refractivity contribution in [2.45, 2.75) is 6.54 Å². The third kappa shape index (κ3) is 3.42. The van der Waals surface area contributed by atoms with Gasteiger partial charge in [-0.3, -0.25) is 19.3 Å². The van der Waals surface area contributed by atoms with Crippen LogP contribution in [0.5, 0.6) is 5.88 Å². The zero-order chi connectivity index (χ0) is 17.8. The van der Waals surface area contributed by atoms with E-state index in [1.165, 1.54) is 7.05 Å². The third-order valence-corrected chi connectivity index (χ3v) is 3.85. The summed E-state index contributed by atoms with van der Waals surface area (Å²) in [6.45, 7) is 0.433. The smallest absolute Gasteiger partial charge is 0.330 e. The highest BCUT2D eigenvalue weighted by Crippen LogP contribution is 2.19. The van der Waals surface area contributed by atoms with Crippen molar-refractivity contribution in [3.63, 3.8) is 0 Å². The molecule has 2 aromatic carbocycles. The van der Waals surface area contributed by atoms with Gasteiger partial charge in [0, 0.05) is 12.6 Å². The van der Waals surface area contributed by atoms with Gasteiger partial charge in [0.2, 0.25) is 5.88 Å². The van der Waals surface area contributed by atoms with E-state index in [-0.39, 0.29) is 5.56 Å². The zero-order valence-electron chi connectivity index (χ0n) is 13.6. The molecule has 0 spiro atoms. The van der Waals surface area contributed by atoms with Gasteiger partial charge >= 0.3 is 5.69 Å². The Kier molecular flexibility index (Phi) is 4.61. The van der Waals surface area contributed by atoms with Crippen LogP contribution in [0.4, 0.5) is 0 Å². The van der Waals surface area contributed by atoms with Gasteiger partial charge in [-0.15, -0.1) is 0 Å². The number of aromatic hydroxyl groups is 1. The summed E-state index contributed by atoms with van der Waals surface area (Å²) in [5, 5.41) is 10.9. The van der Waals surface area contributed by atoms with E-state index in [4.69, 9.17) is 0 Å². The minimum absolute atomic E-state index is 0.0186. The van der Waals surface area contributed by atoms with Gasteiger partial charge in [0.25, 0.3) is 5.56 Å². The summed E-state index contributed by atoms with van der Waals surface area (Å²) in [6.07, 6.45) is 0. The maximum atomic E-state index is 12.3. The second kappa shape index (κ2) is 7.00. The SMILES string of the molecule is Cn1c(O)c(-c2cccccc2=NCc2ccccc2)c(=O)[nH]c1=O. The Bertz CT molecular complexity index is 1080. The van der Waals surface area contributed by atoms with Gasteiger partial charge in [-0.2, -0.15) is 0 Å². The average Bonchev–Trinajstić information content (AvgIpc) is 2.85. The van der Waals surface area contributed by atoms with Crippen LogP contribution >= 0.6 is 0 Å². The Morgan fingerprint density at radius 1 is 1.00 bits per heavy atom. The third-order valence-electron chi connectivity index (χ3n) is 3.85. The molecule has 1 aromatic heterocycles. The number of H-pyrrole nitrogens is 1. The van der Waals surface area contributed by atoms with Crippen molar-refractivity contribution in [2.24, 2.45) is 12.0 Å². The molecular weight excluding hydrogens is 318 g/mol. The first-order valence-electron chi connectivity index (χ1n) is 7.74. The number of hydrogen-bond donors (Lipinski definition) is 2. The average molecular weight is 335 g/mol. The molecule has 0 saturated heterocycles. The topological polar surface area (TPSA) is 87.4 Å². The van der Waals surface area contributed by atoms with Crippen molar-refractivity contribution >= 4 is 0 Å². The molecule has 0 aliphatic carbocycles. The Morgan fingerprint density at radius 2 is 1.64 bits per heavy atom. The molecule has 0 radical (unpaired) electrons. The van der Waals surface area contributed by atoms with Crippen LogP contribution in [-0.2, 0) is 13.6 Å². The van der Waals surface area contributed by atoms with Gasteiger partial charge in [0.1, 0.15) is 5.56 Å². The molecule has 25 heavy (non-hydrogen) atoms. The lowest BCUT2D eigenvalue weighted by molar-refractivity contribution is 0.420. The van der Waals surface area contributed by atoms with Crippen molar-refractivity contribution in [1.82, 2.24) is 9.55 Å². The molecule has 3 aromatic rings. The van der Waals surface area contributed by atoms with E-state index >= 15 is 0 Å². The number of benzene rings is 1. The number of rotatable bonds is 3. The molecule has 0 unspecified atom stereocenters. The van der Waals surface area contributed by atoms with Gasteiger partial charge in [-0.25, -0.2) is 4.79 Å². The molecule has 3 rings (SSSR count). The number of nitrogens with zero attached hydrogens (tertiary/aromatic N) is 2. The number of aromatic amines is 1. The predicted octanol–water partition coefficient (Wildman–Crippen LogP) is 1.55. The van der Waals surface area contributed by atoms with Crippen molar-refractivity contribution in [3.05, 3.63) is 92.4 Å². The Hall–Kier alpha value is -3.41. The van der Waals surface area contributed by atoms with Crippen LogP contribution in [0.2, 0.25) is 0 Å². The zero-order valence-corrected chi connectivity index (χ0v) is 13.6. The van der Waals surface area contributed by atoms with Crippen LogP contribution in [0.3, 0.4) is 0 Å². The van der Waals surface area contributed by atoms with E-state index < -0.39 is 17.1 Å². The summed E-state index contributed by atoms with van der Waals surface area (Å²) in [7, 11) is 1.39. The van der Waals surface area contributed by atoms with Gasteiger partial charge < -0.3 is 5.11 Å². The minimum Gasteiger partial charge on any atom is -0.494 e. The van der Waals surface area contributed by atoms with Crippen molar-refractivity contribution in [2.75, 3.05) is 0 Å². The summed E-state index contributed by atoms with van der Waals surface area (Å²) in [4.78, 5) is 30.7. The number of aromatic nitrogens is 2. The monoisotopic (exact) mass is 335 g/mol. The van der Waals surface area contributed by atoms with Crippen molar-refractivity contribution in [1.29, 1.82) is 0 Å². The standard InChI is InChI=1S/C19H17N3O3/c1-22-18(24)16(17(23)21-19(22)25)14-10-6-3-7-11-15(14)20-12-13-8-4-2-5-9-13/h2-11,24H,12H2,1H3,(H,21,23,25). The fourth-order valence-corrected chi connectivity index (χ4v) is 2.50. The molecule has 0 saturated carbocycles. The quantitative estimate of drug-likeness (QED) is 0.761. The summed E-state index contributed by atoms with van der Waals surface area (Å²) < 4.78 is 0.991. The highest BCUT2D eigenvalue weighted by Gasteiger charge is 2.15. The van der Waals surface area contributed by atoms with Gasteiger partial charge in [0.05, 0.1) is 11.9 Å². The molecule has 0 atom stereocenters. The predicted molar refractivity (Wildman–Crippen MR) is 95.1 cm³/mol. The molecule has 6 heteroatoms. The van der Waals surface area contributed by atoms with Crippen LogP contribution in [0.15, 0.2) is 75.2 Å². The maximum absolute atomic E-state index is 12.3. The molecule has 0 aliphatic rings. The maximum Gasteiger partial charge on any atom is 0.330 e. The van der Waals surface area contributed by atoms with E-state index in [0.29, 0.717) is 17.5 Å². The second-order valence-corrected chi connectivity index (χ2v) is 5.53. The van der Waals surface area contributed by atoms with E-state index in [1.807, 2.05) is 30.3 Å². The summed E-state index contributed by atoms with van der Waals surface area (Å²) in [5.41, 5.74) is 0.177. The lowest BCUT2D eigenvalue weighted by Gasteiger charge is -2.06. The normalized spacial score (nSPS) is 11.5. The molecule has 126 valence electrons. The van der Waals surface area contributed by atoms with E-state index in [1.54, 1.807) is 30.3 Å². The number of hydrogen-bond acceptors (Lipinski definition) is 4. The van der Waals surface area contributed by atoms with Crippen LogP contribution in [0, 0.1) is 0 Å². The molecule has 6 nitrogen and oxygen atoms in total. The molecule has 0 amide bonds. The first-order chi connectivity index (χ1) is 12.1. The molecule has 1 heterocycles. The summed E-state index contributed by atoms with van der Waals surface area (Å²) >= 11 is 0. The lowest BCUT2D eigenvalue weighted by Crippen LogP contribution is -2.30. The summed E-state index contributed by atoms with van der Waals surface area (Å²) in [6, 6.07) is 18.5. The van der Waals surface area contributed by atoms with E-state index in [2.05, 4.69) is 9.98 Å². The molecule has 0 aliphatic heterocycles. The lowest BCUT2D eigenvalue weighted by atomic mass is 10.1. The molecule has 2 N–H and O–H groups in total. The fraction of sp³-hybridized carbons (Fsp3) is 0.105. The first-order valence-corrected chi connectivity index (χ1v) is 7.74. The Morgan fingerprint density at radius 3 is 2.36 bits per heavy atom. The molecular formula is C19H17N3O3. The Labute approximate surface area is 143 Å². The Balaban J connectivity index is 2.23. The van der Waals surface area contributed by atoms with Gasteiger partial charge in [-0.1, -0.05) is 54.6 Å². The highest BCUT2D eigenvalue weighted by molar-refractivity contribution is 5.66. The van der Waals surface area contributed by atoms with Crippen molar-refractivity contribution in [3.8, 4) is 17.0 Å². The minimum atomic E-state index is -0.672. The highest BCUT2D eigenvalue weighted by atomic mass is 16.3. The van der Waals surface area contributed by atoms with Gasteiger partial charge in [0.15, 0.2) is 0 Å². The molecule has 0 bridgehead atoms. The second-order valence-electron chi connectivity index (χ2n) is 5.53. The van der Waals surface area contributed by atoms with E-state index in [9.17, 15) is 14.7 Å². The largest absolute Gasteiger partial charge is 0.494 e. The van der Waals surface area contributed by atoms with Crippen LogP contribution in [0.1, 0.15) is 5.56 Å².